The van der Waals surface area contributed by atoms with Gasteiger partial charge in [-0.25, -0.2) is 17.6 Å². The van der Waals surface area contributed by atoms with Crippen LogP contribution in [0, 0.1) is 5.82 Å². The Balaban J connectivity index is 1.89. The van der Waals surface area contributed by atoms with Crippen LogP contribution in [0.3, 0.4) is 0 Å². The van der Waals surface area contributed by atoms with E-state index in [1.165, 1.54) is 33.4 Å². The minimum atomic E-state index is -3.65. The molecule has 0 saturated carbocycles. The van der Waals surface area contributed by atoms with Crippen LogP contribution in [-0.2, 0) is 29.9 Å². The van der Waals surface area contributed by atoms with Gasteiger partial charge in [0.05, 0.1) is 22.5 Å². The lowest BCUT2D eigenvalue weighted by Gasteiger charge is -2.09. The fraction of sp³-hybridized carbons (Fsp3) is 0.188. The Kier molecular flexibility index (Phi) is 3.92. The van der Waals surface area contributed by atoms with Gasteiger partial charge in [0.25, 0.3) is 0 Å². The van der Waals surface area contributed by atoms with Crippen molar-refractivity contribution in [3.05, 3.63) is 64.3 Å². The molecule has 0 saturated heterocycles. The summed E-state index contributed by atoms with van der Waals surface area (Å²) in [5.74, 6) is -0.682. The molecule has 0 fully saturated rings. The molecule has 1 heterocycles. The van der Waals surface area contributed by atoms with Crippen molar-refractivity contribution >= 4 is 26.7 Å². The van der Waals surface area contributed by atoms with E-state index in [-0.39, 0.29) is 11.4 Å². The monoisotopic (exact) mass is 349 g/mol. The summed E-state index contributed by atoms with van der Waals surface area (Å²) in [6, 6.07) is 10.2. The van der Waals surface area contributed by atoms with Crippen molar-refractivity contribution in [2.24, 2.45) is 14.1 Å². The van der Waals surface area contributed by atoms with Crippen molar-refractivity contribution in [3.8, 4) is 0 Å². The van der Waals surface area contributed by atoms with Crippen molar-refractivity contribution in [1.82, 2.24) is 9.13 Å². The first-order valence-corrected chi connectivity index (χ1v) is 8.82. The Morgan fingerprint density at radius 1 is 1.00 bits per heavy atom. The first kappa shape index (κ1) is 16.3. The molecule has 0 radical (unpaired) electrons. The first-order chi connectivity index (χ1) is 11.3. The topological polar surface area (TPSA) is 73.1 Å². The minimum Gasteiger partial charge on any atom is -0.295 e. The number of nitrogens with one attached hydrogen (secondary N) is 1. The zero-order valence-electron chi connectivity index (χ0n) is 13.2. The maximum Gasteiger partial charge on any atom is 0.328 e. The second-order valence-corrected chi connectivity index (χ2v) is 7.31. The van der Waals surface area contributed by atoms with Crippen LogP contribution in [0.15, 0.2) is 47.3 Å². The van der Waals surface area contributed by atoms with Gasteiger partial charge in [-0.1, -0.05) is 12.1 Å². The normalized spacial score (nSPS) is 11.8. The lowest BCUT2D eigenvalue weighted by atomic mass is 10.2. The average Bonchev–Trinajstić information content (AvgIpc) is 2.73. The van der Waals surface area contributed by atoms with Crippen LogP contribution in [0.1, 0.15) is 5.56 Å². The van der Waals surface area contributed by atoms with E-state index in [0.717, 1.165) is 0 Å². The van der Waals surface area contributed by atoms with Gasteiger partial charge in [-0.2, -0.15) is 0 Å². The standard InChI is InChI=1S/C16H16FN3O3S/c1-19-14-8-7-13(9-15(14)20(2)16(19)21)18-24(22,23)10-11-3-5-12(17)6-4-11/h3-9,18H,10H2,1-2H3. The van der Waals surface area contributed by atoms with Crippen LogP contribution in [0.25, 0.3) is 11.0 Å². The second-order valence-electron chi connectivity index (χ2n) is 5.59. The Bertz CT molecular complexity index is 1070. The summed E-state index contributed by atoms with van der Waals surface area (Å²) < 4.78 is 42.9. The number of fused-ring (bicyclic) bond motifs is 1. The summed E-state index contributed by atoms with van der Waals surface area (Å²) >= 11 is 0. The quantitative estimate of drug-likeness (QED) is 0.782. The molecule has 6 nitrogen and oxygen atoms in total. The minimum absolute atomic E-state index is 0.184. The van der Waals surface area contributed by atoms with Gasteiger partial charge in [-0.3, -0.25) is 13.9 Å². The molecule has 0 bridgehead atoms. The Morgan fingerprint density at radius 2 is 1.62 bits per heavy atom. The van der Waals surface area contributed by atoms with E-state index in [4.69, 9.17) is 0 Å². The molecular formula is C16H16FN3O3S. The predicted octanol–water partition coefficient (Wildman–Crippen LogP) is 1.96. The molecule has 0 unspecified atom stereocenters. The number of hydrogen-bond donors (Lipinski definition) is 1. The number of imidazole rings is 1. The largest absolute Gasteiger partial charge is 0.328 e. The molecule has 3 aromatic rings. The number of aromatic nitrogens is 2. The van der Waals surface area contributed by atoms with Crippen LogP contribution in [-0.4, -0.2) is 17.6 Å². The van der Waals surface area contributed by atoms with Crippen molar-refractivity contribution in [1.29, 1.82) is 0 Å². The van der Waals surface area contributed by atoms with Gasteiger partial charge in [0.1, 0.15) is 5.82 Å². The Morgan fingerprint density at radius 3 is 2.29 bits per heavy atom. The van der Waals surface area contributed by atoms with Gasteiger partial charge in [0.15, 0.2) is 0 Å². The molecule has 0 spiro atoms. The van der Waals surface area contributed by atoms with E-state index < -0.39 is 15.8 Å². The highest BCUT2D eigenvalue weighted by molar-refractivity contribution is 7.91. The molecule has 8 heteroatoms. The summed E-state index contributed by atoms with van der Waals surface area (Å²) in [7, 11) is -0.370. The number of halogens is 1. The molecule has 0 aliphatic carbocycles. The number of benzene rings is 2. The van der Waals surface area contributed by atoms with Crippen molar-refractivity contribution in [3.63, 3.8) is 0 Å². The van der Waals surface area contributed by atoms with E-state index in [1.54, 1.807) is 32.3 Å². The third-order valence-electron chi connectivity index (χ3n) is 3.82. The van der Waals surface area contributed by atoms with E-state index in [2.05, 4.69) is 4.72 Å². The fourth-order valence-corrected chi connectivity index (χ4v) is 3.78. The number of hydrogen-bond acceptors (Lipinski definition) is 3. The van der Waals surface area contributed by atoms with Gasteiger partial charge >= 0.3 is 5.69 Å². The van der Waals surface area contributed by atoms with Gasteiger partial charge < -0.3 is 0 Å². The number of sulfonamides is 1. The molecular weight excluding hydrogens is 333 g/mol. The molecule has 0 amide bonds. The molecule has 126 valence electrons. The first-order valence-electron chi connectivity index (χ1n) is 7.17. The number of anilines is 1. The predicted molar refractivity (Wildman–Crippen MR) is 90.8 cm³/mol. The summed E-state index contributed by atoms with van der Waals surface area (Å²) in [6.07, 6.45) is 0. The smallest absolute Gasteiger partial charge is 0.295 e. The van der Waals surface area contributed by atoms with Crippen LogP contribution < -0.4 is 10.4 Å². The summed E-state index contributed by atoms with van der Waals surface area (Å²) in [5, 5.41) is 0. The van der Waals surface area contributed by atoms with E-state index in [1.807, 2.05) is 0 Å². The second kappa shape index (κ2) is 5.79. The zero-order valence-corrected chi connectivity index (χ0v) is 14.0. The third kappa shape index (κ3) is 3.05. The zero-order chi connectivity index (χ0) is 17.5. The lowest BCUT2D eigenvalue weighted by molar-refractivity contribution is 0.600. The lowest BCUT2D eigenvalue weighted by Crippen LogP contribution is -2.19. The fourth-order valence-electron chi connectivity index (χ4n) is 2.59. The van der Waals surface area contributed by atoms with Gasteiger partial charge in [0.2, 0.25) is 10.0 Å². The van der Waals surface area contributed by atoms with E-state index >= 15 is 0 Å². The van der Waals surface area contributed by atoms with Gasteiger partial charge in [-0.05, 0) is 35.9 Å². The Labute approximate surface area is 138 Å². The third-order valence-corrected chi connectivity index (χ3v) is 5.08. The molecule has 3 rings (SSSR count). The molecule has 24 heavy (non-hydrogen) atoms. The van der Waals surface area contributed by atoms with Crippen LogP contribution in [0.5, 0.6) is 0 Å². The molecule has 0 atom stereocenters. The SMILES string of the molecule is Cn1c(=O)n(C)c2cc(NS(=O)(=O)Cc3ccc(F)cc3)ccc21. The highest BCUT2D eigenvalue weighted by Crippen LogP contribution is 2.19. The number of rotatable bonds is 4. The molecule has 0 aliphatic heterocycles. The van der Waals surface area contributed by atoms with Crippen LogP contribution >= 0.6 is 0 Å². The summed E-state index contributed by atoms with van der Waals surface area (Å²) in [5.41, 5.74) is 2.01. The van der Waals surface area contributed by atoms with Crippen molar-refractivity contribution in [2.45, 2.75) is 5.75 Å². The van der Waals surface area contributed by atoms with Crippen LogP contribution in [0.4, 0.5) is 10.1 Å². The van der Waals surface area contributed by atoms with E-state index in [9.17, 15) is 17.6 Å². The van der Waals surface area contributed by atoms with Gasteiger partial charge in [0, 0.05) is 14.1 Å². The molecule has 2 aromatic carbocycles. The maximum absolute atomic E-state index is 12.9. The van der Waals surface area contributed by atoms with Crippen molar-refractivity contribution < 1.29 is 12.8 Å². The average molecular weight is 349 g/mol. The molecule has 1 aromatic heterocycles. The summed E-state index contributed by atoms with van der Waals surface area (Å²) in [4.78, 5) is 11.9. The highest BCUT2D eigenvalue weighted by Gasteiger charge is 2.14. The van der Waals surface area contributed by atoms with Crippen LogP contribution in [0.2, 0.25) is 0 Å². The molecule has 0 aliphatic rings. The number of nitrogens with zero attached hydrogens (tertiary/aromatic N) is 2. The Hall–Kier alpha value is -2.61. The number of aryl methyl sites for hydroxylation is 2. The van der Waals surface area contributed by atoms with Gasteiger partial charge in [-0.15, -0.1) is 0 Å². The van der Waals surface area contributed by atoms with E-state index in [0.29, 0.717) is 22.3 Å². The molecule has 1 N–H and O–H groups in total. The highest BCUT2D eigenvalue weighted by atomic mass is 32.2. The maximum atomic E-state index is 12.9. The van der Waals surface area contributed by atoms with Crippen molar-refractivity contribution in [2.75, 3.05) is 4.72 Å². The summed E-state index contributed by atoms with van der Waals surface area (Å²) in [6.45, 7) is 0.